The van der Waals surface area contributed by atoms with E-state index in [4.69, 9.17) is 32.0 Å². The average Bonchev–Trinajstić information content (AvgIpc) is 3.40. The second kappa shape index (κ2) is 8.06. The minimum Gasteiger partial charge on any atom is -0.455 e. The smallest absolute Gasteiger partial charge is 0.227 e. The highest BCUT2D eigenvalue weighted by Gasteiger charge is 2.10. The Kier molecular flexibility index (Phi) is 5.10. The summed E-state index contributed by atoms with van der Waals surface area (Å²) in [5, 5.41) is 1.17. The van der Waals surface area contributed by atoms with Crippen molar-refractivity contribution in [2.24, 2.45) is 4.99 Å². The highest BCUT2D eigenvalue weighted by molar-refractivity contribution is 6.35. The summed E-state index contributed by atoms with van der Waals surface area (Å²) in [7, 11) is 0. The van der Waals surface area contributed by atoms with Gasteiger partial charge in [-0.2, -0.15) is 0 Å². The molecule has 6 heteroatoms. The molecule has 4 nitrogen and oxygen atoms in total. The number of aliphatic imine (C=N–C) groups is 1. The first-order valence-electron chi connectivity index (χ1n) is 9.62. The SMILES string of the molecule is Cc1cccc(-c2nc3cc(N=Cc4ccc(-c5cc(Cl)ccc5Cl)o4)ccc3o2)c1. The molecule has 0 unspecified atom stereocenters. The van der Waals surface area contributed by atoms with Crippen molar-refractivity contribution in [3.05, 3.63) is 94.2 Å². The zero-order valence-corrected chi connectivity index (χ0v) is 18.0. The van der Waals surface area contributed by atoms with Gasteiger partial charge in [0.25, 0.3) is 0 Å². The number of aryl methyl sites for hydroxylation is 1. The zero-order valence-electron chi connectivity index (χ0n) is 16.5. The third-order valence-electron chi connectivity index (χ3n) is 4.80. The summed E-state index contributed by atoms with van der Waals surface area (Å²) < 4.78 is 11.8. The summed E-state index contributed by atoms with van der Waals surface area (Å²) in [6.45, 7) is 2.04. The maximum Gasteiger partial charge on any atom is 0.227 e. The van der Waals surface area contributed by atoms with E-state index >= 15 is 0 Å². The minimum atomic E-state index is 0.572. The molecule has 31 heavy (non-hydrogen) atoms. The minimum absolute atomic E-state index is 0.572. The Bertz CT molecular complexity index is 1430. The number of rotatable bonds is 4. The molecule has 5 rings (SSSR count). The molecular weight excluding hydrogens is 431 g/mol. The molecule has 5 aromatic rings. The molecule has 0 aliphatic rings. The maximum absolute atomic E-state index is 6.26. The van der Waals surface area contributed by atoms with Crippen LogP contribution in [0.2, 0.25) is 10.0 Å². The van der Waals surface area contributed by atoms with E-state index in [1.54, 1.807) is 24.4 Å². The van der Waals surface area contributed by atoms with Gasteiger partial charge in [0.2, 0.25) is 5.89 Å². The lowest BCUT2D eigenvalue weighted by molar-refractivity contribution is 0.575. The van der Waals surface area contributed by atoms with Gasteiger partial charge >= 0.3 is 0 Å². The lowest BCUT2D eigenvalue weighted by Gasteiger charge is -2.00. The Labute approximate surface area is 188 Å². The molecule has 0 saturated heterocycles. The molecular formula is C25H16Cl2N2O2. The number of hydrogen-bond donors (Lipinski definition) is 0. The summed E-state index contributed by atoms with van der Waals surface area (Å²) in [5.41, 5.74) is 5.05. The number of nitrogens with zero attached hydrogens (tertiary/aromatic N) is 2. The Morgan fingerprint density at radius 2 is 1.81 bits per heavy atom. The molecule has 0 radical (unpaired) electrons. The van der Waals surface area contributed by atoms with Crippen molar-refractivity contribution in [3.63, 3.8) is 0 Å². The van der Waals surface area contributed by atoms with E-state index in [1.807, 2.05) is 61.5 Å². The van der Waals surface area contributed by atoms with Gasteiger partial charge in [0.05, 0.1) is 16.9 Å². The van der Waals surface area contributed by atoms with Crippen LogP contribution in [0.3, 0.4) is 0 Å². The van der Waals surface area contributed by atoms with Crippen molar-refractivity contribution >= 4 is 46.2 Å². The standard InChI is InChI=1S/C25H16Cl2N2O2/c1-15-3-2-4-16(11-15)25-29-22-13-18(6-9-24(22)31-25)28-14-19-7-10-23(30-19)20-12-17(26)5-8-21(20)27/h2-14H,1H3. The Morgan fingerprint density at radius 1 is 0.903 bits per heavy atom. The molecule has 3 aromatic carbocycles. The largest absolute Gasteiger partial charge is 0.455 e. The van der Waals surface area contributed by atoms with Crippen LogP contribution in [0.25, 0.3) is 33.9 Å². The molecule has 0 N–H and O–H groups in total. The van der Waals surface area contributed by atoms with Crippen molar-refractivity contribution in [1.29, 1.82) is 0 Å². The van der Waals surface area contributed by atoms with Gasteiger partial charge in [0.15, 0.2) is 5.58 Å². The van der Waals surface area contributed by atoms with Gasteiger partial charge in [-0.25, -0.2) is 4.98 Å². The lowest BCUT2D eigenvalue weighted by Crippen LogP contribution is -1.78. The quantitative estimate of drug-likeness (QED) is 0.262. The normalized spacial score (nSPS) is 11.6. The molecule has 152 valence electrons. The fraction of sp³-hybridized carbons (Fsp3) is 0.0400. The third kappa shape index (κ3) is 4.13. The van der Waals surface area contributed by atoms with Crippen LogP contribution in [-0.2, 0) is 0 Å². The van der Waals surface area contributed by atoms with E-state index in [9.17, 15) is 0 Å². The number of hydrogen-bond acceptors (Lipinski definition) is 4. The van der Waals surface area contributed by atoms with Crippen LogP contribution in [0.5, 0.6) is 0 Å². The molecule has 0 aliphatic heterocycles. The van der Waals surface area contributed by atoms with Crippen molar-refractivity contribution in [2.75, 3.05) is 0 Å². The van der Waals surface area contributed by atoms with Gasteiger partial charge in [-0.05, 0) is 67.6 Å². The maximum atomic E-state index is 6.26. The van der Waals surface area contributed by atoms with Gasteiger partial charge in [0, 0.05) is 16.1 Å². The van der Waals surface area contributed by atoms with Crippen molar-refractivity contribution < 1.29 is 8.83 Å². The zero-order chi connectivity index (χ0) is 21.4. The number of aromatic nitrogens is 1. The summed E-state index contributed by atoms with van der Waals surface area (Å²) in [4.78, 5) is 9.12. The number of oxazole rings is 1. The summed E-state index contributed by atoms with van der Waals surface area (Å²) in [5.74, 6) is 1.82. The Hall–Kier alpha value is -3.34. The number of furan rings is 1. The average molecular weight is 447 g/mol. The highest BCUT2D eigenvalue weighted by Crippen LogP contribution is 2.32. The van der Waals surface area contributed by atoms with Gasteiger partial charge < -0.3 is 8.83 Å². The van der Waals surface area contributed by atoms with E-state index in [2.05, 4.69) is 9.98 Å². The molecule has 0 amide bonds. The van der Waals surface area contributed by atoms with Crippen LogP contribution in [0, 0.1) is 6.92 Å². The predicted molar refractivity (Wildman–Crippen MR) is 126 cm³/mol. The first kappa shape index (κ1) is 19.6. The van der Waals surface area contributed by atoms with Gasteiger partial charge in [0.1, 0.15) is 17.0 Å². The third-order valence-corrected chi connectivity index (χ3v) is 5.36. The molecule has 0 fully saturated rings. The van der Waals surface area contributed by atoms with Gasteiger partial charge in [-0.15, -0.1) is 0 Å². The first-order valence-corrected chi connectivity index (χ1v) is 10.4. The number of benzene rings is 3. The predicted octanol–water partition coefficient (Wildman–Crippen LogP) is 8.12. The monoisotopic (exact) mass is 446 g/mol. The van der Waals surface area contributed by atoms with Crippen molar-refractivity contribution in [1.82, 2.24) is 4.98 Å². The summed E-state index contributed by atoms with van der Waals surface area (Å²) in [6, 6.07) is 22.6. The van der Waals surface area contributed by atoms with Crippen molar-refractivity contribution in [3.8, 4) is 22.8 Å². The Balaban J connectivity index is 1.40. The lowest BCUT2D eigenvalue weighted by atomic mass is 10.1. The fourth-order valence-electron chi connectivity index (χ4n) is 3.29. The topological polar surface area (TPSA) is 51.5 Å². The van der Waals surface area contributed by atoms with E-state index in [0.717, 1.165) is 27.9 Å². The molecule has 0 spiro atoms. The Morgan fingerprint density at radius 3 is 2.68 bits per heavy atom. The second-order valence-corrected chi connectivity index (χ2v) is 7.97. The van der Waals surface area contributed by atoms with E-state index in [-0.39, 0.29) is 0 Å². The molecule has 2 heterocycles. The van der Waals surface area contributed by atoms with Crippen LogP contribution in [0.4, 0.5) is 5.69 Å². The fourth-order valence-corrected chi connectivity index (χ4v) is 3.67. The van der Waals surface area contributed by atoms with Crippen LogP contribution in [-0.4, -0.2) is 11.2 Å². The van der Waals surface area contributed by atoms with E-state index in [1.165, 1.54) is 0 Å². The molecule has 0 aliphatic carbocycles. The molecule has 0 atom stereocenters. The van der Waals surface area contributed by atoms with Gasteiger partial charge in [-0.3, -0.25) is 4.99 Å². The van der Waals surface area contributed by atoms with Crippen LogP contribution < -0.4 is 0 Å². The summed E-state index contributed by atoms with van der Waals surface area (Å²) >= 11 is 12.3. The molecule has 0 saturated carbocycles. The van der Waals surface area contributed by atoms with Crippen LogP contribution in [0.1, 0.15) is 11.3 Å². The number of fused-ring (bicyclic) bond motifs is 1. The van der Waals surface area contributed by atoms with Crippen LogP contribution in [0.15, 0.2) is 86.6 Å². The van der Waals surface area contributed by atoms with Gasteiger partial charge in [-0.1, -0.05) is 40.9 Å². The van der Waals surface area contributed by atoms with E-state index in [0.29, 0.717) is 33.0 Å². The van der Waals surface area contributed by atoms with Crippen molar-refractivity contribution in [2.45, 2.75) is 6.92 Å². The highest BCUT2D eigenvalue weighted by atomic mass is 35.5. The first-order chi connectivity index (χ1) is 15.0. The number of halogens is 2. The van der Waals surface area contributed by atoms with E-state index < -0.39 is 0 Å². The van der Waals surface area contributed by atoms with Crippen LogP contribution >= 0.6 is 23.2 Å². The summed E-state index contributed by atoms with van der Waals surface area (Å²) in [6.07, 6.45) is 1.66. The molecule has 2 aromatic heterocycles. The molecule has 0 bridgehead atoms. The second-order valence-electron chi connectivity index (χ2n) is 7.12.